The van der Waals surface area contributed by atoms with Crippen LogP contribution in [0.15, 0.2) is 24.3 Å². The average molecular weight is 277 g/mol. The smallest absolute Gasteiger partial charge is 0.305 e. The number of hydrogen-bond acceptors (Lipinski definition) is 3. The summed E-state index contributed by atoms with van der Waals surface area (Å²) in [6, 6.07) is 7.39. The number of benzene rings is 1. The Hall–Kier alpha value is -1.84. The quantitative estimate of drug-likeness (QED) is 0.741. The number of rotatable bonds is 8. The lowest BCUT2D eigenvalue weighted by Crippen LogP contribution is -2.28. The molecule has 1 aromatic rings. The highest BCUT2D eigenvalue weighted by atomic mass is 16.4. The monoisotopic (exact) mass is 277 g/mol. The first kappa shape index (κ1) is 16.2. The number of nitrogens with zero attached hydrogens (tertiary/aromatic N) is 1. The summed E-state index contributed by atoms with van der Waals surface area (Å²) in [6.07, 6.45) is 1.09. The van der Waals surface area contributed by atoms with Crippen molar-refractivity contribution in [2.75, 3.05) is 18.0 Å². The number of carboxylic acid groups (broad SMARTS) is 1. The van der Waals surface area contributed by atoms with Gasteiger partial charge in [-0.25, -0.2) is 0 Å². The molecule has 0 aliphatic rings. The maximum atomic E-state index is 11.4. The van der Waals surface area contributed by atoms with Crippen molar-refractivity contribution in [1.82, 2.24) is 0 Å². The molecule has 4 nitrogen and oxygen atoms in total. The van der Waals surface area contributed by atoms with Gasteiger partial charge >= 0.3 is 5.97 Å². The van der Waals surface area contributed by atoms with Gasteiger partial charge in [0.25, 0.3) is 0 Å². The Morgan fingerprint density at radius 2 is 1.95 bits per heavy atom. The summed E-state index contributed by atoms with van der Waals surface area (Å²) in [4.78, 5) is 24.2. The summed E-state index contributed by atoms with van der Waals surface area (Å²) in [5.41, 5.74) is 1.58. The van der Waals surface area contributed by atoms with E-state index in [-0.39, 0.29) is 12.2 Å². The lowest BCUT2D eigenvalue weighted by Gasteiger charge is -2.25. The molecule has 1 rings (SSSR count). The van der Waals surface area contributed by atoms with Gasteiger partial charge in [0.05, 0.1) is 6.42 Å². The minimum atomic E-state index is -0.803. The second-order valence-corrected chi connectivity index (χ2v) is 5.42. The summed E-state index contributed by atoms with van der Waals surface area (Å²) in [6.45, 7) is 7.08. The highest BCUT2D eigenvalue weighted by Gasteiger charge is 2.11. The van der Waals surface area contributed by atoms with Gasteiger partial charge in [0.15, 0.2) is 5.78 Å². The number of carbonyl (C=O) groups excluding carboxylic acids is 1. The van der Waals surface area contributed by atoms with E-state index in [4.69, 9.17) is 5.11 Å². The second kappa shape index (κ2) is 7.68. The summed E-state index contributed by atoms with van der Waals surface area (Å²) in [5.74, 6) is -0.227. The Kier molecular flexibility index (Phi) is 6.22. The van der Waals surface area contributed by atoms with Crippen LogP contribution in [0, 0.1) is 5.92 Å². The van der Waals surface area contributed by atoms with Gasteiger partial charge in [-0.2, -0.15) is 0 Å². The Balaban J connectivity index is 2.87. The summed E-state index contributed by atoms with van der Waals surface area (Å²) in [5, 5.41) is 8.85. The minimum Gasteiger partial charge on any atom is -0.481 e. The lowest BCUT2D eigenvalue weighted by molar-refractivity contribution is -0.136. The predicted octanol–water partition coefficient (Wildman–Crippen LogP) is 3.22. The molecule has 0 aromatic heterocycles. The van der Waals surface area contributed by atoms with Crippen LogP contribution in [0.25, 0.3) is 0 Å². The van der Waals surface area contributed by atoms with Crippen LogP contribution in [0.1, 0.15) is 44.0 Å². The van der Waals surface area contributed by atoms with Gasteiger partial charge in [-0.05, 0) is 31.4 Å². The van der Waals surface area contributed by atoms with Crippen LogP contribution in [0.2, 0.25) is 0 Å². The highest BCUT2D eigenvalue weighted by molar-refractivity contribution is 5.95. The largest absolute Gasteiger partial charge is 0.481 e. The van der Waals surface area contributed by atoms with Crippen molar-refractivity contribution in [1.29, 1.82) is 0 Å². The van der Waals surface area contributed by atoms with Gasteiger partial charge < -0.3 is 10.0 Å². The second-order valence-electron chi connectivity index (χ2n) is 5.42. The van der Waals surface area contributed by atoms with Gasteiger partial charge in [-0.3, -0.25) is 9.59 Å². The molecule has 4 heteroatoms. The van der Waals surface area contributed by atoms with Crippen LogP contribution in [0.4, 0.5) is 5.69 Å². The molecule has 0 aliphatic carbocycles. The number of Topliss-reactive ketones (excluding diaryl/α,β-unsaturated/α-hetero) is 1. The normalized spacial score (nSPS) is 10.6. The molecular weight excluding hydrogens is 254 g/mol. The standard InChI is InChI=1S/C16H23NO3/c1-12(2)7-9-17(10-8-16(19)20)15-6-4-5-14(11-15)13(3)18/h4-6,11-12H,7-10H2,1-3H3,(H,19,20). The first-order valence-corrected chi connectivity index (χ1v) is 6.98. The molecule has 1 aromatic carbocycles. The van der Waals surface area contributed by atoms with E-state index in [1.54, 1.807) is 6.07 Å². The predicted molar refractivity (Wildman–Crippen MR) is 80.4 cm³/mol. The first-order chi connectivity index (χ1) is 9.40. The Morgan fingerprint density at radius 1 is 1.25 bits per heavy atom. The van der Waals surface area contributed by atoms with E-state index < -0.39 is 5.97 Å². The van der Waals surface area contributed by atoms with Crippen LogP contribution >= 0.6 is 0 Å². The molecule has 0 saturated carbocycles. The van der Waals surface area contributed by atoms with Crippen molar-refractivity contribution in [2.45, 2.75) is 33.6 Å². The summed E-state index contributed by atoms with van der Waals surface area (Å²) >= 11 is 0. The van der Waals surface area contributed by atoms with Crippen LogP contribution in [0.5, 0.6) is 0 Å². The third-order valence-corrected chi connectivity index (χ3v) is 3.19. The van der Waals surface area contributed by atoms with E-state index in [0.717, 1.165) is 18.7 Å². The summed E-state index contributed by atoms with van der Waals surface area (Å²) in [7, 11) is 0. The molecule has 0 atom stereocenters. The fraction of sp³-hybridized carbons (Fsp3) is 0.500. The molecule has 0 radical (unpaired) electrons. The van der Waals surface area contributed by atoms with Crippen molar-refractivity contribution in [3.8, 4) is 0 Å². The van der Waals surface area contributed by atoms with E-state index in [1.807, 2.05) is 23.1 Å². The van der Waals surface area contributed by atoms with E-state index in [0.29, 0.717) is 18.0 Å². The molecule has 110 valence electrons. The zero-order chi connectivity index (χ0) is 15.1. The third-order valence-electron chi connectivity index (χ3n) is 3.19. The molecule has 20 heavy (non-hydrogen) atoms. The number of ketones is 1. The van der Waals surface area contributed by atoms with Gasteiger partial charge in [0, 0.05) is 24.3 Å². The molecule has 0 unspecified atom stereocenters. The SMILES string of the molecule is CC(=O)c1cccc(N(CCC(=O)O)CCC(C)C)c1. The maximum Gasteiger partial charge on any atom is 0.305 e. The van der Waals surface area contributed by atoms with Crippen molar-refractivity contribution in [2.24, 2.45) is 5.92 Å². The number of hydrogen-bond donors (Lipinski definition) is 1. The zero-order valence-corrected chi connectivity index (χ0v) is 12.4. The lowest BCUT2D eigenvalue weighted by atomic mass is 10.1. The fourth-order valence-corrected chi connectivity index (χ4v) is 1.94. The number of carboxylic acids is 1. The van der Waals surface area contributed by atoms with E-state index >= 15 is 0 Å². The van der Waals surface area contributed by atoms with Gasteiger partial charge in [0.2, 0.25) is 0 Å². The molecule has 0 spiro atoms. The highest BCUT2D eigenvalue weighted by Crippen LogP contribution is 2.18. The molecule has 0 bridgehead atoms. The van der Waals surface area contributed by atoms with E-state index in [1.165, 1.54) is 6.92 Å². The first-order valence-electron chi connectivity index (χ1n) is 6.98. The van der Waals surface area contributed by atoms with Gasteiger partial charge in [0.1, 0.15) is 0 Å². The van der Waals surface area contributed by atoms with E-state index in [9.17, 15) is 9.59 Å². The van der Waals surface area contributed by atoms with Gasteiger partial charge in [-0.1, -0.05) is 26.0 Å². The minimum absolute atomic E-state index is 0.0221. The Bertz CT molecular complexity index is 469. The number of anilines is 1. The van der Waals surface area contributed by atoms with Crippen LogP contribution in [-0.2, 0) is 4.79 Å². The van der Waals surface area contributed by atoms with Crippen molar-refractivity contribution < 1.29 is 14.7 Å². The number of carbonyl (C=O) groups is 2. The summed E-state index contributed by atoms with van der Waals surface area (Å²) < 4.78 is 0. The van der Waals surface area contributed by atoms with Crippen molar-refractivity contribution >= 4 is 17.4 Å². The third kappa shape index (κ3) is 5.43. The number of aliphatic carboxylic acids is 1. The molecule has 0 amide bonds. The molecule has 0 saturated heterocycles. The molecule has 1 N–H and O–H groups in total. The van der Waals surface area contributed by atoms with Crippen LogP contribution in [0.3, 0.4) is 0 Å². The average Bonchev–Trinajstić information content (AvgIpc) is 2.38. The van der Waals surface area contributed by atoms with E-state index in [2.05, 4.69) is 13.8 Å². The van der Waals surface area contributed by atoms with Crippen molar-refractivity contribution in [3.05, 3.63) is 29.8 Å². The fourth-order valence-electron chi connectivity index (χ4n) is 1.94. The topological polar surface area (TPSA) is 57.6 Å². The molecule has 0 fully saturated rings. The maximum absolute atomic E-state index is 11.4. The Morgan fingerprint density at radius 3 is 2.50 bits per heavy atom. The van der Waals surface area contributed by atoms with Crippen LogP contribution < -0.4 is 4.90 Å². The van der Waals surface area contributed by atoms with Crippen molar-refractivity contribution in [3.63, 3.8) is 0 Å². The van der Waals surface area contributed by atoms with Crippen LogP contribution in [-0.4, -0.2) is 29.9 Å². The molecule has 0 heterocycles. The Labute approximate surface area is 120 Å². The van der Waals surface area contributed by atoms with Gasteiger partial charge in [-0.15, -0.1) is 0 Å². The molecule has 0 aliphatic heterocycles. The molecular formula is C16H23NO3. The zero-order valence-electron chi connectivity index (χ0n) is 12.4.